The van der Waals surface area contributed by atoms with Crippen molar-refractivity contribution in [2.75, 3.05) is 0 Å². The molecule has 4 rings (SSSR count). The van der Waals surface area contributed by atoms with Crippen LogP contribution in [0.5, 0.6) is 0 Å². The molecular formula is C21H29ClN2O. The quantitative estimate of drug-likeness (QED) is 0.840. The highest BCUT2D eigenvalue weighted by atomic mass is 35.5. The Hall–Kier alpha value is -1.06. The summed E-state index contributed by atoms with van der Waals surface area (Å²) in [4.78, 5) is 15.5. The van der Waals surface area contributed by atoms with E-state index in [0.717, 1.165) is 18.9 Å². The zero-order valence-corrected chi connectivity index (χ0v) is 15.7. The molecule has 2 saturated heterocycles. The van der Waals surface area contributed by atoms with Crippen molar-refractivity contribution in [3.8, 4) is 0 Å². The molecule has 3 aliphatic rings. The average molecular weight is 361 g/mol. The molecule has 2 aliphatic heterocycles. The monoisotopic (exact) mass is 360 g/mol. The summed E-state index contributed by atoms with van der Waals surface area (Å²) in [6, 6.07) is 9.75. The van der Waals surface area contributed by atoms with Crippen molar-refractivity contribution < 1.29 is 4.79 Å². The first kappa shape index (κ1) is 17.4. The number of piperidine rings is 2. The molecule has 136 valence electrons. The number of carbonyl (C=O) groups excluding carboxylic acids is 1. The summed E-state index contributed by atoms with van der Waals surface area (Å²) in [5, 5.41) is 3.82. The van der Waals surface area contributed by atoms with E-state index in [1.807, 2.05) is 18.2 Å². The third-order valence-electron chi connectivity index (χ3n) is 6.48. The molecule has 0 spiro atoms. The highest BCUT2D eigenvalue weighted by molar-refractivity contribution is 6.33. The number of fused-ring (bicyclic) bond motifs is 2. The molecule has 1 N–H and O–H groups in total. The van der Waals surface area contributed by atoms with Gasteiger partial charge in [0.25, 0.3) is 5.91 Å². The van der Waals surface area contributed by atoms with Crippen LogP contribution in [-0.2, 0) is 0 Å². The minimum absolute atomic E-state index is 0.0141. The van der Waals surface area contributed by atoms with Gasteiger partial charge in [0.1, 0.15) is 0 Å². The molecule has 2 bridgehead atoms. The van der Waals surface area contributed by atoms with E-state index in [1.165, 1.54) is 51.4 Å². The zero-order chi connectivity index (χ0) is 17.2. The maximum atomic E-state index is 12.6. The first-order chi connectivity index (χ1) is 12.2. The number of benzene rings is 1. The normalized spacial score (nSPS) is 30.8. The standard InChI is InChI=1S/C21H29ClN2O/c22-20-12-5-4-11-19(20)21(25)23-15-13-17-9-6-10-18(14-15)24(17)16-7-2-1-3-8-16/h4-5,11-12,15-18H,1-3,6-10,13-14H2,(H,23,25). The first-order valence-corrected chi connectivity index (χ1v) is 10.4. The maximum Gasteiger partial charge on any atom is 0.253 e. The van der Waals surface area contributed by atoms with E-state index in [-0.39, 0.29) is 5.91 Å². The summed E-state index contributed by atoms with van der Waals surface area (Å²) in [5.74, 6) is -0.0141. The molecule has 0 radical (unpaired) electrons. The number of nitrogens with one attached hydrogen (secondary N) is 1. The van der Waals surface area contributed by atoms with E-state index in [1.54, 1.807) is 6.07 Å². The van der Waals surface area contributed by atoms with Crippen LogP contribution in [0.15, 0.2) is 24.3 Å². The highest BCUT2D eigenvalue weighted by Crippen LogP contribution is 2.39. The molecule has 1 saturated carbocycles. The van der Waals surface area contributed by atoms with Gasteiger partial charge in [0.15, 0.2) is 0 Å². The number of amides is 1. The molecule has 25 heavy (non-hydrogen) atoms. The van der Waals surface area contributed by atoms with Crippen molar-refractivity contribution in [2.45, 2.75) is 88.4 Å². The van der Waals surface area contributed by atoms with Crippen LogP contribution >= 0.6 is 11.6 Å². The minimum atomic E-state index is -0.0141. The number of nitrogens with zero attached hydrogens (tertiary/aromatic N) is 1. The second kappa shape index (κ2) is 7.67. The van der Waals surface area contributed by atoms with E-state index in [2.05, 4.69) is 10.2 Å². The summed E-state index contributed by atoms with van der Waals surface area (Å²) >= 11 is 6.19. The van der Waals surface area contributed by atoms with Gasteiger partial charge in [-0.3, -0.25) is 9.69 Å². The molecule has 3 nitrogen and oxygen atoms in total. The lowest BCUT2D eigenvalue weighted by Crippen LogP contribution is -2.60. The molecule has 1 aromatic rings. The highest BCUT2D eigenvalue weighted by Gasteiger charge is 2.42. The largest absolute Gasteiger partial charge is 0.349 e. The third-order valence-corrected chi connectivity index (χ3v) is 6.81. The Labute approximate surface area is 156 Å². The Morgan fingerprint density at radius 2 is 1.56 bits per heavy atom. The number of carbonyl (C=O) groups is 1. The summed E-state index contributed by atoms with van der Waals surface area (Å²) in [7, 11) is 0. The molecule has 2 atom stereocenters. The zero-order valence-electron chi connectivity index (χ0n) is 14.9. The lowest BCUT2D eigenvalue weighted by atomic mass is 9.78. The van der Waals surface area contributed by atoms with Gasteiger partial charge in [-0.25, -0.2) is 0 Å². The van der Waals surface area contributed by atoms with Crippen molar-refractivity contribution in [1.29, 1.82) is 0 Å². The molecule has 2 unspecified atom stereocenters. The second-order valence-electron chi connectivity index (χ2n) is 8.10. The van der Waals surface area contributed by atoms with E-state index in [9.17, 15) is 4.79 Å². The summed E-state index contributed by atoms with van der Waals surface area (Å²) in [6.07, 6.45) is 13.1. The topological polar surface area (TPSA) is 32.3 Å². The lowest BCUT2D eigenvalue weighted by Gasteiger charge is -2.53. The summed E-state index contributed by atoms with van der Waals surface area (Å²) in [5.41, 5.74) is 0.601. The number of hydrogen-bond donors (Lipinski definition) is 1. The minimum Gasteiger partial charge on any atom is -0.349 e. The van der Waals surface area contributed by atoms with Crippen LogP contribution in [0.2, 0.25) is 5.02 Å². The average Bonchev–Trinajstić information content (AvgIpc) is 2.62. The molecule has 4 heteroatoms. The Kier molecular flexibility index (Phi) is 5.33. The van der Waals surface area contributed by atoms with Crippen molar-refractivity contribution >= 4 is 17.5 Å². The van der Waals surface area contributed by atoms with E-state index in [0.29, 0.717) is 28.7 Å². The van der Waals surface area contributed by atoms with Crippen LogP contribution in [0.25, 0.3) is 0 Å². The Morgan fingerprint density at radius 1 is 0.920 bits per heavy atom. The SMILES string of the molecule is O=C(NC1CC2CCCC(C1)N2C1CCCCC1)c1ccccc1Cl. The van der Waals surface area contributed by atoms with E-state index >= 15 is 0 Å². The Balaban J connectivity index is 1.43. The Morgan fingerprint density at radius 3 is 2.24 bits per heavy atom. The van der Waals surface area contributed by atoms with Crippen LogP contribution in [0, 0.1) is 0 Å². The van der Waals surface area contributed by atoms with E-state index in [4.69, 9.17) is 11.6 Å². The van der Waals surface area contributed by atoms with Gasteiger partial charge in [0.05, 0.1) is 10.6 Å². The molecule has 1 aliphatic carbocycles. The van der Waals surface area contributed by atoms with Crippen LogP contribution in [0.3, 0.4) is 0 Å². The van der Waals surface area contributed by atoms with Crippen molar-refractivity contribution in [3.05, 3.63) is 34.9 Å². The molecule has 1 aromatic carbocycles. The molecular weight excluding hydrogens is 332 g/mol. The molecule has 0 aromatic heterocycles. The number of hydrogen-bond acceptors (Lipinski definition) is 2. The predicted octanol–water partition coefficient (Wildman–Crippen LogP) is 4.79. The fourth-order valence-electron chi connectivity index (χ4n) is 5.42. The van der Waals surface area contributed by atoms with Crippen LogP contribution < -0.4 is 5.32 Å². The maximum absolute atomic E-state index is 12.6. The fourth-order valence-corrected chi connectivity index (χ4v) is 5.64. The third kappa shape index (κ3) is 3.73. The van der Waals surface area contributed by atoms with Gasteiger partial charge >= 0.3 is 0 Å². The van der Waals surface area contributed by atoms with Gasteiger partial charge in [-0.1, -0.05) is 49.4 Å². The van der Waals surface area contributed by atoms with Crippen LogP contribution in [0.1, 0.15) is 74.6 Å². The molecule has 1 amide bonds. The van der Waals surface area contributed by atoms with Gasteiger partial charge in [-0.15, -0.1) is 0 Å². The van der Waals surface area contributed by atoms with Crippen molar-refractivity contribution in [1.82, 2.24) is 10.2 Å². The van der Waals surface area contributed by atoms with Gasteiger partial charge in [0, 0.05) is 24.2 Å². The van der Waals surface area contributed by atoms with Gasteiger partial charge in [-0.2, -0.15) is 0 Å². The first-order valence-electron chi connectivity index (χ1n) is 10.0. The molecule has 3 fully saturated rings. The van der Waals surface area contributed by atoms with Crippen molar-refractivity contribution in [2.24, 2.45) is 0 Å². The van der Waals surface area contributed by atoms with E-state index < -0.39 is 0 Å². The Bertz CT molecular complexity index is 600. The van der Waals surface area contributed by atoms with Gasteiger partial charge in [0.2, 0.25) is 0 Å². The van der Waals surface area contributed by atoms with Gasteiger partial charge < -0.3 is 5.32 Å². The summed E-state index contributed by atoms with van der Waals surface area (Å²) < 4.78 is 0. The van der Waals surface area contributed by atoms with Gasteiger partial charge in [-0.05, 0) is 50.7 Å². The summed E-state index contributed by atoms with van der Waals surface area (Å²) in [6.45, 7) is 0. The second-order valence-corrected chi connectivity index (χ2v) is 8.51. The smallest absolute Gasteiger partial charge is 0.253 e. The predicted molar refractivity (Wildman–Crippen MR) is 102 cm³/mol. The molecule has 2 heterocycles. The van der Waals surface area contributed by atoms with Crippen LogP contribution in [0.4, 0.5) is 0 Å². The number of halogens is 1. The fraction of sp³-hybridized carbons (Fsp3) is 0.667. The lowest BCUT2D eigenvalue weighted by molar-refractivity contribution is -0.0211. The van der Waals surface area contributed by atoms with Crippen molar-refractivity contribution in [3.63, 3.8) is 0 Å². The van der Waals surface area contributed by atoms with Crippen LogP contribution in [-0.4, -0.2) is 35.0 Å². The number of rotatable bonds is 3.